The van der Waals surface area contributed by atoms with E-state index >= 15 is 0 Å². The first kappa shape index (κ1) is 12.2. The Morgan fingerprint density at radius 3 is 2.15 bits per heavy atom. The lowest BCUT2D eigenvalue weighted by Gasteiger charge is -2.06. The monoisotopic (exact) mass is 214 g/mol. The molecule has 13 heavy (non-hydrogen) atoms. The van der Waals surface area contributed by atoms with Crippen molar-refractivity contribution in [3.63, 3.8) is 0 Å². The van der Waals surface area contributed by atoms with Crippen LogP contribution in [0.15, 0.2) is 0 Å². The minimum atomic E-state index is -5.14. The summed E-state index contributed by atoms with van der Waals surface area (Å²) < 4.78 is 13.6. The quantitative estimate of drug-likeness (QED) is 0.244. The molecular weight excluding hydrogens is 207 g/mol. The Bertz CT molecular complexity index is 253. The number of hydrogen-bond donors (Lipinski definition) is 4. The van der Waals surface area contributed by atoms with Gasteiger partial charge in [0.15, 0.2) is 6.10 Å². The maximum absolute atomic E-state index is 10.4. The Morgan fingerprint density at radius 2 is 1.85 bits per heavy atom. The predicted octanol–water partition coefficient (Wildman–Crippen LogP) is -1.82. The molecule has 0 saturated heterocycles. The van der Waals surface area contributed by atoms with Crippen LogP contribution in [0, 0.1) is 0 Å². The first-order chi connectivity index (χ1) is 5.79. The standard InChI is InChI=1S/C4H7O8P/c5-1-2(6)3(7)12-4(8)13(9,10)11/h2,5-6H,1H2,(H2,9,10,11). The highest BCUT2D eigenvalue weighted by Gasteiger charge is 2.32. The summed E-state index contributed by atoms with van der Waals surface area (Å²) >= 11 is 0. The van der Waals surface area contributed by atoms with E-state index in [0.717, 1.165) is 0 Å². The molecule has 0 rings (SSSR count). The van der Waals surface area contributed by atoms with Crippen molar-refractivity contribution in [2.45, 2.75) is 6.10 Å². The summed E-state index contributed by atoms with van der Waals surface area (Å²) in [5.41, 5.74) is -2.06. The third-order valence-electron chi connectivity index (χ3n) is 0.871. The molecule has 0 spiro atoms. The fourth-order valence-electron chi connectivity index (χ4n) is 0.288. The van der Waals surface area contributed by atoms with Crippen molar-refractivity contribution in [3.05, 3.63) is 0 Å². The summed E-state index contributed by atoms with van der Waals surface area (Å²) in [7, 11) is -5.14. The highest BCUT2D eigenvalue weighted by molar-refractivity contribution is 7.69. The maximum atomic E-state index is 10.4. The molecule has 0 radical (unpaired) electrons. The number of esters is 1. The SMILES string of the molecule is O=C(OC(=O)P(=O)(O)O)C(O)CO. The second-order valence-corrected chi connectivity index (χ2v) is 3.38. The maximum Gasteiger partial charge on any atom is 0.433 e. The number of aliphatic hydroxyl groups excluding tert-OH is 2. The van der Waals surface area contributed by atoms with Crippen molar-refractivity contribution in [2.75, 3.05) is 6.61 Å². The van der Waals surface area contributed by atoms with Gasteiger partial charge in [0.1, 0.15) is 0 Å². The van der Waals surface area contributed by atoms with Gasteiger partial charge in [0, 0.05) is 0 Å². The Morgan fingerprint density at radius 1 is 1.38 bits per heavy atom. The van der Waals surface area contributed by atoms with Crippen LogP contribution in [0.2, 0.25) is 0 Å². The van der Waals surface area contributed by atoms with Crippen LogP contribution in [0.4, 0.5) is 4.79 Å². The van der Waals surface area contributed by atoms with E-state index in [9.17, 15) is 14.2 Å². The summed E-state index contributed by atoms with van der Waals surface area (Å²) in [4.78, 5) is 37.0. The van der Waals surface area contributed by atoms with E-state index in [2.05, 4.69) is 4.74 Å². The average Bonchev–Trinajstić information content (AvgIpc) is 2.01. The third kappa shape index (κ3) is 4.11. The zero-order chi connectivity index (χ0) is 10.6. The van der Waals surface area contributed by atoms with Crippen LogP contribution in [0.5, 0.6) is 0 Å². The molecule has 0 aromatic heterocycles. The zero-order valence-corrected chi connectivity index (χ0v) is 7.05. The molecule has 0 aromatic rings. The van der Waals surface area contributed by atoms with E-state index in [4.69, 9.17) is 20.0 Å². The molecule has 0 bridgehead atoms. The van der Waals surface area contributed by atoms with Crippen LogP contribution in [-0.4, -0.2) is 44.4 Å². The van der Waals surface area contributed by atoms with Crippen molar-refractivity contribution >= 4 is 19.3 Å². The van der Waals surface area contributed by atoms with Crippen molar-refractivity contribution < 1.29 is 38.9 Å². The van der Waals surface area contributed by atoms with Crippen LogP contribution in [0.1, 0.15) is 0 Å². The summed E-state index contributed by atoms with van der Waals surface area (Å²) in [5.74, 6) is -1.61. The molecule has 0 fully saturated rings. The van der Waals surface area contributed by atoms with Gasteiger partial charge < -0.3 is 24.7 Å². The Kier molecular flexibility index (Phi) is 4.18. The van der Waals surface area contributed by atoms with E-state index in [1.54, 1.807) is 0 Å². The van der Waals surface area contributed by atoms with Crippen LogP contribution in [-0.2, 0) is 14.1 Å². The molecule has 0 aromatic carbocycles. The minimum Gasteiger partial charge on any atom is -0.393 e. The second-order valence-electron chi connectivity index (χ2n) is 1.93. The molecule has 0 aliphatic carbocycles. The highest BCUT2D eigenvalue weighted by Crippen LogP contribution is 2.36. The molecule has 0 aliphatic rings. The molecule has 8 nitrogen and oxygen atoms in total. The molecule has 0 aliphatic heterocycles. The Hall–Kier alpha value is -0.790. The molecule has 0 saturated carbocycles. The van der Waals surface area contributed by atoms with Gasteiger partial charge >= 0.3 is 19.3 Å². The second kappa shape index (κ2) is 4.45. The lowest BCUT2D eigenvalue weighted by Crippen LogP contribution is -2.28. The van der Waals surface area contributed by atoms with Crippen LogP contribution in [0.3, 0.4) is 0 Å². The summed E-state index contributed by atoms with van der Waals surface area (Å²) in [6, 6.07) is 0. The first-order valence-electron chi connectivity index (χ1n) is 2.89. The van der Waals surface area contributed by atoms with Gasteiger partial charge in [0.05, 0.1) is 6.61 Å². The predicted molar refractivity (Wildman–Crippen MR) is 36.6 cm³/mol. The minimum absolute atomic E-state index is 1.01. The van der Waals surface area contributed by atoms with Crippen molar-refractivity contribution in [2.24, 2.45) is 0 Å². The van der Waals surface area contributed by atoms with Crippen LogP contribution < -0.4 is 0 Å². The molecule has 4 N–H and O–H groups in total. The number of ether oxygens (including phenoxy) is 1. The number of rotatable bonds is 3. The smallest absolute Gasteiger partial charge is 0.393 e. The molecule has 9 heteroatoms. The van der Waals surface area contributed by atoms with Gasteiger partial charge in [-0.3, -0.25) is 0 Å². The van der Waals surface area contributed by atoms with E-state index in [0.29, 0.717) is 0 Å². The molecule has 1 unspecified atom stereocenters. The zero-order valence-electron chi connectivity index (χ0n) is 6.15. The van der Waals surface area contributed by atoms with Gasteiger partial charge in [-0.2, -0.15) is 0 Å². The molecule has 0 heterocycles. The topological polar surface area (TPSA) is 141 Å². The van der Waals surface area contributed by atoms with E-state index in [-0.39, 0.29) is 0 Å². The van der Waals surface area contributed by atoms with E-state index < -0.39 is 32.0 Å². The van der Waals surface area contributed by atoms with Crippen LogP contribution >= 0.6 is 7.60 Å². The number of aliphatic hydroxyl groups is 2. The molecular formula is C4H7O8P. The summed E-state index contributed by atoms with van der Waals surface area (Å²) in [5, 5.41) is 16.7. The molecule has 1 atom stereocenters. The van der Waals surface area contributed by atoms with Crippen LogP contribution in [0.25, 0.3) is 0 Å². The number of carbonyl (C=O) groups is 2. The third-order valence-corrected chi connectivity index (χ3v) is 1.44. The van der Waals surface area contributed by atoms with E-state index in [1.165, 1.54) is 0 Å². The normalized spacial score (nSPS) is 13.5. The lowest BCUT2D eigenvalue weighted by atomic mass is 10.4. The molecule has 0 amide bonds. The van der Waals surface area contributed by atoms with Gasteiger partial charge in [0.2, 0.25) is 0 Å². The fraction of sp³-hybridized carbons (Fsp3) is 0.500. The largest absolute Gasteiger partial charge is 0.433 e. The van der Waals surface area contributed by atoms with Crippen molar-refractivity contribution in [3.8, 4) is 0 Å². The number of hydrogen-bond acceptors (Lipinski definition) is 6. The average molecular weight is 214 g/mol. The number of carbonyl (C=O) groups excluding carboxylic acids is 2. The van der Waals surface area contributed by atoms with Crippen molar-refractivity contribution in [1.82, 2.24) is 0 Å². The molecule has 76 valence electrons. The highest BCUT2D eigenvalue weighted by atomic mass is 31.2. The van der Waals surface area contributed by atoms with Gasteiger partial charge in [-0.05, 0) is 0 Å². The Labute approximate surface area is 71.9 Å². The van der Waals surface area contributed by atoms with Gasteiger partial charge in [-0.1, -0.05) is 0 Å². The lowest BCUT2D eigenvalue weighted by molar-refractivity contribution is -0.148. The van der Waals surface area contributed by atoms with Gasteiger partial charge in [0.25, 0.3) is 0 Å². The Balaban J connectivity index is 4.24. The first-order valence-corrected chi connectivity index (χ1v) is 4.51. The van der Waals surface area contributed by atoms with Gasteiger partial charge in [-0.25, -0.2) is 14.2 Å². The summed E-state index contributed by atoms with van der Waals surface area (Å²) in [6.45, 7) is -1.01. The fourth-order valence-corrected chi connectivity index (χ4v) is 0.497. The van der Waals surface area contributed by atoms with Gasteiger partial charge in [-0.15, -0.1) is 0 Å². The summed E-state index contributed by atoms with van der Waals surface area (Å²) in [6.07, 6.45) is -1.99. The van der Waals surface area contributed by atoms with Crippen molar-refractivity contribution in [1.29, 1.82) is 0 Å². The van der Waals surface area contributed by atoms with E-state index in [1.807, 2.05) is 0 Å².